The number of halogens is 2. The molecule has 1 heterocycles. The topological polar surface area (TPSA) is 50.8 Å². The summed E-state index contributed by atoms with van der Waals surface area (Å²) in [5.41, 5.74) is 0.504. The van der Waals surface area contributed by atoms with E-state index in [2.05, 4.69) is 5.32 Å². The lowest BCUT2D eigenvalue weighted by Gasteiger charge is -2.26. The first-order valence-corrected chi connectivity index (χ1v) is 8.16. The summed E-state index contributed by atoms with van der Waals surface area (Å²) in [6.45, 7) is 4.02. The van der Waals surface area contributed by atoms with E-state index in [1.807, 2.05) is 0 Å². The molecule has 7 heteroatoms. The van der Waals surface area contributed by atoms with Gasteiger partial charge in [0.1, 0.15) is 12.4 Å². The number of hydrogen-bond donors (Lipinski definition) is 1. The Labute approximate surface area is 140 Å². The van der Waals surface area contributed by atoms with Gasteiger partial charge in [-0.2, -0.15) is 0 Å². The van der Waals surface area contributed by atoms with E-state index in [1.54, 1.807) is 38.1 Å². The minimum atomic E-state index is -2.57. The van der Waals surface area contributed by atoms with Crippen molar-refractivity contribution in [2.75, 3.05) is 25.1 Å². The van der Waals surface area contributed by atoms with Gasteiger partial charge in [0, 0.05) is 24.4 Å². The lowest BCUT2D eigenvalue weighted by atomic mass is 10.2. The van der Waals surface area contributed by atoms with E-state index in [1.165, 1.54) is 0 Å². The highest BCUT2D eigenvalue weighted by Gasteiger charge is 2.21. The summed E-state index contributed by atoms with van der Waals surface area (Å²) in [6, 6.07) is 6.02. The predicted octanol–water partition coefficient (Wildman–Crippen LogP) is 3.75. The third-order valence-electron chi connectivity index (χ3n) is 3.76. The smallest absolute Gasteiger partial charge is 0.322 e. The highest BCUT2D eigenvalue weighted by Crippen LogP contribution is 2.20. The van der Waals surface area contributed by atoms with E-state index in [4.69, 9.17) is 9.47 Å². The Morgan fingerprint density at radius 2 is 2.25 bits per heavy atom. The van der Waals surface area contributed by atoms with E-state index in [0.29, 0.717) is 18.0 Å². The number of benzene rings is 1. The third-order valence-corrected chi connectivity index (χ3v) is 3.76. The predicted molar refractivity (Wildman–Crippen MR) is 87.8 cm³/mol. The van der Waals surface area contributed by atoms with E-state index in [9.17, 15) is 13.6 Å². The Morgan fingerprint density at radius 1 is 1.46 bits per heavy atom. The van der Waals surface area contributed by atoms with Crippen LogP contribution in [0.1, 0.15) is 26.7 Å². The number of hydrogen-bond acceptors (Lipinski definition) is 3. The first-order chi connectivity index (χ1) is 11.5. The first-order valence-electron chi connectivity index (χ1n) is 8.16. The lowest BCUT2D eigenvalue weighted by Crippen LogP contribution is -2.42. The third kappa shape index (κ3) is 5.63. The zero-order valence-corrected chi connectivity index (χ0v) is 14.0. The molecular weight excluding hydrogens is 318 g/mol. The van der Waals surface area contributed by atoms with Crippen LogP contribution in [0.25, 0.3) is 0 Å². The molecular formula is C17H24F2N2O3. The van der Waals surface area contributed by atoms with Crippen molar-refractivity contribution in [2.24, 2.45) is 0 Å². The van der Waals surface area contributed by atoms with Crippen LogP contribution >= 0.6 is 0 Å². The molecule has 0 spiro atoms. The van der Waals surface area contributed by atoms with Crippen LogP contribution < -0.4 is 10.1 Å². The van der Waals surface area contributed by atoms with Crippen LogP contribution in [0.3, 0.4) is 0 Å². The summed E-state index contributed by atoms with van der Waals surface area (Å²) >= 11 is 0. The normalized spacial score (nSPS) is 17.3. The molecule has 134 valence electrons. The van der Waals surface area contributed by atoms with Crippen molar-refractivity contribution in [1.82, 2.24) is 4.90 Å². The summed E-state index contributed by atoms with van der Waals surface area (Å²) in [7, 11) is 0. The number of rotatable bonds is 7. The second-order valence-electron chi connectivity index (χ2n) is 6.04. The van der Waals surface area contributed by atoms with Gasteiger partial charge in [-0.05, 0) is 38.8 Å². The molecule has 24 heavy (non-hydrogen) atoms. The number of carbonyl (C=O) groups is 1. The minimum Gasteiger partial charge on any atom is -0.491 e. The summed E-state index contributed by atoms with van der Waals surface area (Å²) in [6.07, 6.45) is -0.447. The van der Waals surface area contributed by atoms with Crippen LogP contribution in [0.15, 0.2) is 24.3 Å². The van der Waals surface area contributed by atoms with Gasteiger partial charge in [0.05, 0.1) is 12.6 Å². The molecule has 1 aromatic rings. The van der Waals surface area contributed by atoms with Gasteiger partial charge in [0.25, 0.3) is 6.43 Å². The fourth-order valence-electron chi connectivity index (χ4n) is 2.50. The zero-order chi connectivity index (χ0) is 17.5. The number of anilines is 1. The summed E-state index contributed by atoms with van der Waals surface area (Å²) in [5.74, 6) is 0.605. The molecule has 1 aliphatic rings. The molecule has 0 aliphatic carbocycles. The van der Waals surface area contributed by atoms with Gasteiger partial charge in [-0.3, -0.25) is 0 Å². The molecule has 2 rings (SSSR count). The van der Waals surface area contributed by atoms with Gasteiger partial charge in [-0.25, -0.2) is 13.6 Å². The van der Waals surface area contributed by atoms with E-state index < -0.39 is 19.0 Å². The number of carbonyl (C=O) groups excluding carboxylic acids is 1. The van der Waals surface area contributed by atoms with Crippen LogP contribution in [0.5, 0.6) is 5.75 Å². The van der Waals surface area contributed by atoms with Gasteiger partial charge in [0.2, 0.25) is 0 Å². The molecule has 0 radical (unpaired) electrons. The number of nitrogens with one attached hydrogen (secondary N) is 1. The lowest BCUT2D eigenvalue weighted by molar-refractivity contribution is 0.0680. The molecule has 1 atom stereocenters. The Balaban J connectivity index is 1.93. The van der Waals surface area contributed by atoms with Gasteiger partial charge >= 0.3 is 6.03 Å². The summed E-state index contributed by atoms with van der Waals surface area (Å²) < 4.78 is 36.4. The van der Waals surface area contributed by atoms with Crippen molar-refractivity contribution in [3.8, 4) is 5.75 Å². The molecule has 5 nitrogen and oxygen atoms in total. The van der Waals surface area contributed by atoms with Gasteiger partial charge in [0.15, 0.2) is 0 Å². The molecule has 1 aromatic carbocycles. The summed E-state index contributed by atoms with van der Waals surface area (Å²) in [4.78, 5) is 13.3. The number of alkyl halides is 2. The highest BCUT2D eigenvalue weighted by atomic mass is 19.3. The number of urea groups is 1. The van der Waals surface area contributed by atoms with Crippen molar-refractivity contribution in [2.45, 2.75) is 45.3 Å². The molecule has 0 saturated carbocycles. The highest BCUT2D eigenvalue weighted by molar-refractivity contribution is 5.89. The van der Waals surface area contributed by atoms with E-state index in [0.717, 1.165) is 24.3 Å². The molecule has 0 aromatic heterocycles. The Bertz CT molecular complexity index is 534. The van der Waals surface area contributed by atoms with Crippen molar-refractivity contribution in [1.29, 1.82) is 0 Å². The van der Waals surface area contributed by atoms with Crippen LogP contribution in [0.2, 0.25) is 0 Å². The average Bonchev–Trinajstić information content (AvgIpc) is 3.04. The number of ether oxygens (including phenoxy) is 2. The van der Waals surface area contributed by atoms with Crippen LogP contribution in [0, 0.1) is 0 Å². The van der Waals surface area contributed by atoms with Gasteiger partial charge in [-0.15, -0.1) is 0 Å². The Morgan fingerprint density at radius 3 is 2.88 bits per heavy atom. The fraction of sp³-hybridized carbons (Fsp3) is 0.588. The fourth-order valence-corrected chi connectivity index (χ4v) is 2.50. The quantitative estimate of drug-likeness (QED) is 0.821. The largest absolute Gasteiger partial charge is 0.491 e. The van der Waals surface area contributed by atoms with Crippen LogP contribution in [-0.4, -0.2) is 49.3 Å². The Hall–Kier alpha value is -1.89. The zero-order valence-electron chi connectivity index (χ0n) is 14.0. The number of nitrogens with zero attached hydrogens (tertiary/aromatic N) is 1. The first kappa shape index (κ1) is 18.4. The standard InChI is InChI=1S/C17H24F2N2O3/c1-12(2)21(10-16(18)19)17(22)20-13-5-3-6-14(9-13)24-11-15-7-4-8-23-15/h3,5-6,9,12,15-16H,4,7-8,10-11H2,1-2H3,(H,20,22)/t15-/m0/s1. The van der Waals surface area contributed by atoms with Crippen LogP contribution in [-0.2, 0) is 4.74 Å². The van der Waals surface area contributed by atoms with E-state index in [-0.39, 0.29) is 12.1 Å². The molecule has 0 unspecified atom stereocenters. The van der Waals surface area contributed by atoms with Crippen molar-refractivity contribution >= 4 is 11.7 Å². The SMILES string of the molecule is CC(C)N(CC(F)F)C(=O)Nc1cccc(OC[C@@H]2CCCO2)c1. The second-order valence-corrected chi connectivity index (χ2v) is 6.04. The minimum absolute atomic E-state index is 0.103. The van der Waals surface area contributed by atoms with Gasteiger partial charge < -0.3 is 19.7 Å². The molecule has 1 aliphatic heterocycles. The maximum atomic E-state index is 12.6. The average molecular weight is 342 g/mol. The van der Waals surface area contributed by atoms with E-state index >= 15 is 0 Å². The van der Waals surface area contributed by atoms with Crippen LogP contribution in [0.4, 0.5) is 19.3 Å². The molecule has 2 amide bonds. The monoisotopic (exact) mass is 342 g/mol. The molecule has 1 fully saturated rings. The number of amides is 2. The Kier molecular flexibility index (Phi) is 6.78. The van der Waals surface area contributed by atoms with Crippen molar-refractivity contribution < 1.29 is 23.0 Å². The maximum Gasteiger partial charge on any atom is 0.322 e. The maximum absolute atomic E-state index is 12.6. The molecule has 1 N–H and O–H groups in total. The second kappa shape index (κ2) is 8.82. The molecule has 1 saturated heterocycles. The van der Waals surface area contributed by atoms with Crippen molar-refractivity contribution in [3.05, 3.63) is 24.3 Å². The van der Waals surface area contributed by atoms with Crippen molar-refractivity contribution in [3.63, 3.8) is 0 Å². The van der Waals surface area contributed by atoms with Gasteiger partial charge in [-0.1, -0.05) is 6.07 Å². The summed E-state index contributed by atoms with van der Waals surface area (Å²) in [5, 5.41) is 2.64. The molecule has 0 bridgehead atoms.